The van der Waals surface area contributed by atoms with Crippen molar-refractivity contribution in [1.29, 1.82) is 0 Å². The fraction of sp³-hybridized carbons (Fsp3) is 0.533. The zero-order chi connectivity index (χ0) is 13.5. The van der Waals surface area contributed by atoms with E-state index in [0.717, 1.165) is 31.6 Å². The highest BCUT2D eigenvalue weighted by atomic mass is 16.5. The molecule has 0 radical (unpaired) electrons. The predicted molar refractivity (Wildman–Crippen MR) is 76.3 cm³/mol. The van der Waals surface area contributed by atoms with Crippen molar-refractivity contribution < 1.29 is 9.53 Å². The lowest BCUT2D eigenvalue weighted by molar-refractivity contribution is -0.131. The zero-order valence-corrected chi connectivity index (χ0v) is 11.5. The van der Waals surface area contributed by atoms with E-state index in [4.69, 9.17) is 4.74 Å². The number of ether oxygens (including phenoxy) is 1. The van der Waals surface area contributed by atoms with Crippen molar-refractivity contribution in [3.8, 4) is 0 Å². The lowest BCUT2D eigenvalue weighted by atomic mass is 10.2. The highest BCUT2D eigenvalue weighted by molar-refractivity contribution is 5.96. The molecule has 1 heterocycles. The molecule has 0 aliphatic carbocycles. The van der Waals surface area contributed by atoms with Crippen LogP contribution in [0.15, 0.2) is 30.3 Å². The maximum absolute atomic E-state index is 12.6. The highest BCUT2D eigenvalue weighted by Crippen LogP contribution is 2.16. The molecule has 19 heavy (non-hydrogen) atoms. The van der Waals surface area contributed by atoms with Crippen molar-refractivity contribution in [2.24, 2.45) is 0 Å². The van der Waals surface area contributed by atoms with Gasteiger partial charge in [-0.2, -0.15) is 0 Å². The molecule has 1 saturated heterocycles. The molecule has 4 heteroatoms. The summed E-state index contributed by atoms with van der Waals surface area (Å²) in [6, 6.07) is 9.83. The molecule has 0 saturated carbocycles. The van der Waals surface area contributed by atoms with Gasteiger partial charge in [-0.15, -0.1) is 0 Å². The Hall–Kier alpha value is -1.39. The summed E-state index contributed by atoms with van der Waals surface area (Å²) < 4.78 is 5.57. The van der Waals surface area contributed by atoms with Gasteiger partial charge in [0.15, 0.2) is 0 Å². The molecule has 1 amide bonds. The van der Waals surface area contributed by atoms with Crippen LogP contribution in [-0.4, -0.2) is 38.3 Å². The molecule has 1 unspecified atom stereocenters. The summed E-state index contributed by atoms with van der Waals surface area (Å²) in [6.07, 6.45) is 1.71. The lowest BCUT2D eigenvalue weighted by Crippen LogP contribution is -2.49. The van der Waals surface area contributed by atoms with Gasteiger partial charge in [0.2, 0.25) is 0 Å². The number of nitrogens with one attached hydrogen (secondary N) is 1. The second-order valence-electron chi connectivity index (χ2n) is 4.74. The number of carbonyl (C=O) groups excluding carboxylic acids is 1. The van der Waals surface area contributed by atoms with Gasteiger partial charge in [-0.3, -0.25) is 4.79 Å². The third-order valence-electron chi connectivity index (χ3n) is 3.27. The van der Waals surface area contributed by atoms with Crippen molar-refractivity contribution in [2.75, 3.05) is 31.1 Å². The molecule has 0 aromatic heterocycles. The fourth-order valence-electron chi connectivity index (χ4n) is 2.19. The Morgan fingerprint density at radius 2 is 2.21 bits per heavy atom. The SMILES string of the molecule is CCCCN(C(=O)C1CNCCO1)c1ccccc1. The lowest BCUT2D eigenvalue weighted by Gasteiger charge is -2.30. The van der Waals surface area contributed by atoms with Crippen molar-refractivity contribution >= 4 is 11.6 Å². The van der Waals surface area contributed by atoms with E-state index >= 15 is 0 Å². The summed E-state index contributed by atoms with van der Waals surface area (Å²) >= 11 is 0. The predicted octanol–water partition coefficient (Wildman–Crippen LogP) is 1.81. The molecular formula is C15H22N2O2. The number of anilines is 1. The van der Waals surface area contributed by atoms with Crippen LogP contribution in [0.5, 0.6) is 0 Å². The Labute approximate surface area is 114 Å². The Bertz CT molecular complexity index is 388. The molecule has 0 bridgehead atoms. The summed E-state index contributed by atoms with van der Waals surface area (Å²) in [7, 11) is 0. The highest BCUT2D eigenvalue weighted by Gasteiger charge is 2.27. The van der Waals surface area contributed by atoms with E-state index in [0.29, 0.717) is 13.2 Å². The Morgan fingerprint density at radius 1 is 1.42 bits per heavy atom. The summed E-state index contributed by atoms with van der Waals surface area (Å²) in [5.41, 5.74) is 0.954. The largest absolute Gasteiger partial charge is 0.366 e. The number of carbonyl (C=O) groups is 1. The molecule has 1 aliphatic heterocycles. The first-order valence-electron chi connectivity index (χ1n) is 7.01. The molecule has 1 atom stereocenters. The number of amides is 1. The second-order valence-corrected chi connectivity index (χ2v) is 4.74. The van der Waals surface area contributed by atoms with Crippen molar-refractivity contribution in [3.05, 3.63) is 30.3 Å². The van der Waals surface area contributed by atoms with Crippen LogP contribution in [0.1, 0.15) is 19.8 Å². The Balaban J connectivity index is 2.10. The number of benzene rings is 1. The normalized spacial score (nSPS) is 19.1. The Kier molecular flexibility index (Phi) is 5.36. The van der Waals surface area contributed by atoms with Gasteiger partial charge >= 0.3 is 0 Å². The topological polar surface area (TPSA) is 41.6 Å². The van der Waals surface area contributed by atoms with Crippen LogP contribution < -0.4 is 10.2 Å². The van der Waals surface area contributed by atoms with Crippen LogP contribution in [0.4, 0.5) is 5.69 Å². The van der Waals surface area contributed by atoms with Gasteiger partial charge in [0, 0.05) is 25.3 Å². The van der Waals surface area contributed by atoms with Crippen molar-refractivity contribution in [2.45, 2.75) is 25.9 Å². The molecule has 1 N–H and O–H groups in total. The molecule has 1 fully saturated rings. The summed E-state index contributed by atoms with van der Waals surface area (Å²) in [4.78, 5) is 14.4. The van der Waals surface area contributed by atoms with Gasteiger partial charge in [0.05, 0.1) is 6.61 Å². The molecule has 2 rings (SSSR count). The molecule has 4 nitrogen and oxygen atoms in total. The smallest absolute Gasteiger partial charge is 0.257 e. The minimum absolute atomic E-state index is 0.0619. The number of nitrogens with zero attached hydrogens (tertiary/aromatic N) is 1. The molecular weight excluding hydrogens is 240 g/mol. The first-order chi connectivity index (χ1) is 9.33. The maximum Gasteiger partial charge on any atom is 0.257 e. The van der Waals surface area contributed by atoms with Crippen LogP contribution in [0.3, 0.4) is 0 Å². The third-order valence-corrected chi connectivity index (χ3v) is 3.27. The van der Waals surface area contributed by atoms with E-state index in [-0.39, 0.29) is 12.0 Å². The van der Waals surface area contributed by atoms with E-state index in [1.807, 2.05) is 35.2 Å². The van der Waals surface area contributed by atoms with E-state index in [2.05, 4.69) is 12.2 Å². The summed E-state index contributed by atoms with van der Waals surface area (Å²) in [5.74, 6) is 0.0619. The summed E-state index contributed by atoms with van der Waals surface area (Å²) in [6.45, 7) is 4.91. The number of unbranched alkanes of at least 4 members (excludes halogenated alkanes) is 1. The van der Waals surface area contributed by atoms with Gasteiger partial charge in [-0.05, 0) is 18.6 Å². The van der Waals surface area contributed by atoms with Crippen LogP contribution in [-0.2, 0) is 9.53 Å². The monoisotopic (exact) mass is 262 g/mol. The van der Waals surface area contributed by atoms with Crippen LogP contribution in [0.2, 0.25) is 0 Å². The third kappa shape index (κ3) is 3.78. The molecule has 1 aliphatic rings. The fourth-order valence-corrected chi connectivity index (χ4v) is 2.19. The molecule has 1 aromatic carbocycles. The van der Waals surface area contributed by atoms with Gasteiger partial charge in [0.1, 0.15) is 6.10 Å². The molecule has 1 aromatic rings. The van der Waals surface area contributed by atoms with Crippen LogP contribution in [0.25, 0.3) is 0 Å². The second kappa shape index (κ2) is 7.26. The first kappa shape index (κ1) is 14.0. The minimum atomic E-state index is -0.356. The van der Waals surface area contributed by atoms with Crippen molar-refractivity contribution in [3.63, 3.8) is 0 Å². The molecule has 0 spiro atoms. The van der Waals surface area contributed by atoms with E-state index in [9.17, 15) is 4.79 Å². The minimum Gasteiger partial charge on any atom is -0.366 e. The molecule has 104 valence electrons. The number of hydrogen-bond donors (Lipinski definition) is 1. The van der Waals surface area contributed by atoms with Crippen LogP contribution in [0, 0.1) is 0 Å². The average Bonchev–Trinajstić information content (AvgIpc) is 2.49. The zero-order valence-electron chi connectivity index (χ0n) is 11.5. The Morgan fingerprint density at radius 3 is 2.84 bits per heavy atom. The maximum atomic E-state index is 12.6. The number of morpholine rings is 1. The van der Waals surface area contributed by atoms with Gasteiger partial charge in [-0.25, -0.2) is 0 Å². The van der Waals surface area contributed by atoms with Gasteiger partial charge in [0.25, 0.3) is 5.91 Å². The van der Waals surface area contributed by atoms with Crippen LogP contribution >= 0.6 is 0 Å². The first-order valence-corrected chi connectivity index (χ1v) is 7.01. The van der Waals surface area contributed by atoms with Gasteiger partial charge < -0.3 is 15.0 Å². The van der Waals surface area contributed by atoms with Gasteiger partial charge in [-0.1, -0.05) is 31.5 Å². The number of rotatable bonds is 5. The quantitative estimate of drug-likeness (QED) is 0.880. The average molecular weight is 262 g/mol. The van der Waals surface area contributed by atoms with E-state index in [1.54, 1.807) is 0 Å². The number of para-hydroxylation sites is 1. The van der Waals surface area contributed by atoms with E-state index in [1.165, 1.54) is 0 Å². The van der Waals surface area contributed by atoms with Crippen molar-refractivity contribution in [1.82, 2.24) is 5.32 Å². The van der Waals surface area contributed by atoms with E-state index < -0.39 is 0 Å². The summed E-state index contributed by atoms with van der Waals surface area (Å²) in [5, 5.41) is 3.21. The standard InChI is InChI=1S/C15H22N2O2/c1-2-3-10-17(13-7-5-4-6-8-13)15(18)14-12-16-9-11-19-14/h4-8,14,16H,2-3,9-12H2,1H3. The number of hydrogen-bond acceptors (Lipinski definition) is 3.